The molecule has 0 radical (unpaired) electrons. The van der Waals surface area contributed by atoms with E-state index in [1.54, 1.807) is 17.1 Å². The highest BCUT2D eigenvalue weighted by atomic mass is 35.5. The second kappa shape index (κ2) is 6.47. The number of allylic oxidation sites excluding steroid dienone is 2. The van der Waals surface area contributed by atoms with Crippen LogP contribution in [0.5, 0.6) is 0 Å². The van der Waals surface area contributed by atoms with E-state index in [0.717, 1.165) is 5.56 Å². The maximum Gasteiger partial charge on any atom is 0.159 e. The van der Waals surface area contributed by atoms with Gasteiger partial charge in [-0.3, -0.25) is 4.68 Å². The van der Waals surface area contributed by atoms with Gasteiger partial charge in [0.2, 0.25) is 0 Å². The van der Waals surface area contributed by atoms with E-state index in [-0.39, 0.29) is 12.4 Å². The number of nitrogens with two attached hydrogens (primary N) is 1. The average Bonchev–Trinajstić information content (AvgIpc) is 2.75. The number of rotatable bonds is 4. The second-order valence-electron chi connectivity index (χ2n) is 4.77. The molecule has 2 atom stereocenters. The summed E-state index contributed by atoms with van der Waals surface area (Å²) in [6, 6.07) is 0. The smallest absolute Gasteiger partial charge is 0.159 e. The summed E-state index contributed by atoms with van der Waals surface area (Å²) in [7, 11) is 1.29. The number of alkyl halides is 1. The van der Waals surface area contributed by atoms with E-state index < -0.39 is 17.6 Å². The van der Waals surface area contributed by atoms with Crippen LogP contribution in [0.1, 0.15) is 12.5 Å². The molecule has 1 aromatic heterocycles. The summed E-state index contributed by atoms with van der Waals surface area (Å²) in [4.78, 5) is 0. The lowest BCUT2D eigenvalue weighted by molar-refractivity contribution is 0.00865. The molecule has 0 aliphatic heterocycles. The van der Waals surface area contributed by atoms with Crippen molar-refractivity contribution in [3.05, 3.63) is 41.5 Å². The van der Waals surface area contributed by atoms with Crippen molar-refractivity contribution in [1.29, 1.82) is 0 Å². The first kappa shape index (κ1) is 16.8. The van der Waals surface area contributed by atoms with Crippen LogP contribution in [-0.2, 0) is 17.8 Å². The Morgan fingerprint density at radius 3 is 2.75 bits per heavy atom. The monoisotopic (exact) mass is 305 g/mol. The van der Waals surface area contributed by atoms with Crippen LogP contribution < -0.4 is 5.73 Å². The Bertz CT molecular complexity index is 525. The van der Waals surface area contributed by atoms with Crippen molar-refractivity contribution in [3.8, 4) is 0 Å². The third-order valence-corrected chi connectivity index (χ3v) is 3.06. The maximum atomic E-state index is 14.3. The maximum absolute atomic E-state index is 14.3. The van der Waals surface area contributed by atoms with Crippen molar-refractivity contribution in [2.75, 3.05) is 7.11 Å². The molecular weight excluding hydrogens is 288 g/mol. The minimum absolute atomic E-state index is 0. The average molecular weight is 306 g/mol. The van der Waals surface area contributed by atoms with Gasteiger partial charge in [-0.05, 0) is 24.6 Å². The van der Waals surface area contributed by atoms with Gasteiger partial charge < -0.3 is 10.5 Å². The van der Waals surface area contributed by atoms with E-state index in [4.69, 9.17) is 10.5 Å². The number of aromatic nitrogens is 2. The van der Waals surface area contributed by atoms with E-state index >= 15 is 0 Å². The lowest BCUT2D eigenvalue weighted by Crippen LogP contribution is -2.37. The molecule has 2 N–H and O–H groups in total. The molecule has 0 amide bonds. The van der Waals surface area contributed by atoms with Gasteiger partial charge in [-0.1, -0.05) is 0 Å². The van der Waals surface area contributed by atoms with Gasteiger partial charge in [-0.25, -0.2) is 8.78 Å². The van der Waals surface area contributed by atoms with Crippen molar-refractivity contribution in [1.82, 2.24) is 9.78 Å². The van der Waals surface area contributed by atoms with Crippen LogP contribution in [0.25, 0.3) is 0 Å². The molecule has 0 bridgehead atoms. The van der Waals surface area contributed by atoms with Crippen LogP contribution in [0, 0.1) is 0 Å². The molecule has 2 unspecified atom stereocenters. The molecule has 7 heteroatoms. The third kappa shape index (κ3) is 3.45. The molecule has 1 aliphatic rings. The number of methoxy groups -OCH3 is 1. The summed E-state index contributed by atoms with van der Waals surface area (Å²) in [5, 5.41) is 4.08. The Hall–Kier alpha value is -1.24. The van der Waals surface area contributed by atoms with Gasteiger partial charge in [0.1, 0.15) is 11.9 Å². The van der Waals surface area contributed by atoms with E-state index in [1.807, 2.05) is 0 Å². The predicted molar refractivity (Wildman–Crippen MR) is 75.0 cm³/mol. The van der Waals surface area contributed by atoms with Gasteiger partial charge in [0, 0.05) is 25.4 Å². The van der Waals surface area contributed by atoms with Gasteiger partial charge >= 0.3 is 0 Å². The molecule has 0 fully saturated rings. The summed E-state index contributed by atoms with van der Waals surface area (Å²) < 4.78 is 34.5. The standard InChI is InChI=1S/C13H17F2N3O.ClH/c1-13(15)4-9(3-11(14)12(13)19-2)7-18-8-10(5-16)6-17-18;/h3-4,6,8,12H,5,7,16H2,1-2H3;1H. The topological polar surface area (TPSA) is 53.1 Å². The van der Waals surface area contributed by atoms with Crippen LogP contribution in [-0.4, -0.2) is 28.7 Å². The fourth-order valence-corrected chi connectivity index (χ4v) is 2.22. The van der Waals surface area contributed by atoms with Crippen LogP contribution in [0.15, 0.2) is 35.9 Å². The molecule has 20 heavy (non-hydrogen) atoms. The Balaban J connectivity index is 0.00000200. The van der Waals surface area contributed by atoms with E-state index in [0.29, 0.717) is 18.7 Å². The first-order valence-corrected chi connectivity index (χ1v) is 5.98. The molecule has 0 saturated carbocycles. The van der Waals surface area contributed by atoms with Crippen molar-refractivity contribution >= 4 is 12.4 Å². The molecular formula is C13H18ClF2N3O. The van der Waals surface area contributed by atoms with Gasteiger partial charge in [-0.15, -0.1) is 12.4 Å². The number of ether oxygens (including phenoxy) is 1. The van der Waals surface area contributed by atoms with Crippen LogP contribution in [0.2, 0.25) is 0 Å². The zero-order valence-electron chi connectivity index (χ0n) is 11.3. The highest BCUT2D eigenvalue weighted by molar-refractivity contribution is 5.85. The lowest BCUT2D eigenvalue weighted by Gasteiger charge is -2.29. The van der Waals surface area contributed by atoms with Crippen LogP contribution >= 0.6 is 12.4 Å². The van der Waals surface area contributed by atoms with Crippen molar-refractivity contribution in [2.45, 2.75) is 31.8 Å². The highest BCUT2D eigenvalue weighted by Gasteiger charge is 2.39. The van der Waals surface area contributed by atoms with Crippen molar-refractivity contribution in [2.24, 2.45) is 5.73 Å². The predicted octanol–water partition coefficient (Wildman–Crippen LogP) is 2.30. The van der Waals surface area contributed by atoms with E-state index in [1.165, 1.54) is 26.2 Å². The Kier molecular flexibility index (Phi) is 5.44. The quantitative estimate of drug-likeness (QED) is 0.928. The molecule has 4 nitrogen and oxygen atoms in total. The molecule has 1 aromatic rings. The lowest BCUT2D eigenvalue weighted by atomic mass is 9.91. The molecule has 2 rings (SSSR count). The van der Waals surface area contributed by atoms with Gasteiger partial charge in [0.25, 0.3) is 0 Å². The number of nitrogens with zero attached hydrogens (tertiary/aromatic N) is 2. The first-order chi connectivity index (χ1) is 8.96. The SMILES string of the molecule is COC1C(F)=CC(Cn2cc(CN)cn2)=CC1(C)F.Cl. The fraction of sp³-hybridized carbons (Fsp3) is 0.462. The molecule has 0 aromatic carbocycles. The fourth-order valence-electron chi connectivity index (χ4n) is 2.22. The summed E-state index contributed by atoms with van der Waals surface area (Å²) in [5.41, 5.74) is 5.00. The molecule has 1 heterocycles. The molecule has 1 aliphatic carbocycles. The van der Waals surface area contributed by atoms with E-state index in [2.05, 4.69) is 5.10 Å². The van der Waals surface area contributed by atoms with Crippen molar-refractivity contribution < 1.29 is 13.5 Å². The van der Waals surface area contributed by atoms with Crippen LogP contribution in [0.3, 0.4) is 0 Å². The Morgan fingerprint density at radius 1 is 1.55 bits per heavy atom. The summed E-state index contributed by atoms with van der Waals surface area (Å²) in [6.07, 6.45) is 4.86. The van der Waals surface area contributed by atoms with Gasteiger partial charge in [0.05, 0.1) is 12.7 Å². The number of hydrogen-bond acceptors (Lipinski definition) is 3. The van der Waals surface area contributed by atoms with E-state index in [9.17, 15) is 8.78 Å². The Labute approximate surface area is 122 Å². The van der Waals surface area contributed by atoms with Gasteiger partial charge in [0.15, 0.2) is 5.67 Å². The summed E-state index contributed by atoms with van der Waals surface area (Å²) in [5.74, 6) is -0.615. The number of halogens is 3. The summed E-state index contributed by atoms with van der Waals surface area (Å²) >= 11 is 0. The zero-order valence-corrected chi connectivity index (χ0v) is 12.2. The third-order valence-electron chi connectivity index (χ3n) is 3.06. The van der Waals surface area contributed by atoms with Crippen molar-refractivity contribution in [3.63, 3.8) is 0 Å². The highest BCUT2D eigenvalue weighted by Crippen LogP contribution is 2.33. The molecule has 0 saturated heterocycles. The van der Waals surface area contributed by atoms with Gasteiger partial charge in [-0.2, -0.15) is 5.10 Å². The summed E-state index contributed by atoms with van der Waals surface area (Å²) in [6.45, 7) is 1.97. The second-order valence-corrected chi connectivity index (χ2v) is 4.77. The first-order valence-electron chi connectivity index (χ1n) is 5.98. The largest absolute Gasteiger partial charge is 0.371 e. The van der Waals surface area contributed by atoms with Crippen LogP contribution in [0.4, 0.5) is 8.78 Å². The molecule has 112 valence electrons. The minimum Gasteiger partial charge on any atom is -0.371 e. The number of hydrogen-bond donors (Lipinski definition) is 1. The molecule has 0 spiro atoms. The normalized spacial score (nSPS) is 25.8. The minimum atomic E-state index is -1.87. The Morgan fingerprint density at radius 2 is 2.25 bits per heavy atom. The zero-order chi connectivity index (χ0) is 14.0.